The predicted molar refractivity (Wildman–Crippen MR) is 156 cm³/mol. The first-order valence-corrected chi connectivity index (χ1v) is 15.6. The Balaban J connectivity index is 1.97. The summed E-state index contributed by atoms with van der Waals surface area (Å²) in [6, 6.07) is 2.93. The summed E-state index contributed by atoms with van der Waals surface area (Å²) in [5.41, 5.74) is -1.78. The normalized spacial score (nSPS) is 15.8. The molecule has 3 atom stereocenters. The molecule has 0 aliphatic carbocycles. The SMILES string of the molecule is CNC(=O)[C@H](CC(C)C)NC(=O)C(CC(C)C)CP(=O)(O)CN1C(=O)c2cc([N+](=O)[O-])cc3cc([N+](=O)[O-])cc(c23)C1=O. The van der Waals surface area contributed by atoms with E-state index in [0.717, 1.165) is 24.3 Å². The summed E-state index contributed by atoms with van der Waals surface area (Å²) in [7, 11) is -3.08. The van der Waals surface area contributed by atoms with Crippen LogP contribution >= 0.6 is 7.37 Å². The Labute approximate surface area is 246 Å². The lowest BCUT2D eigenvalue weighted by atomic mass is 9.93. The molecule has 0 saturated heterocycles. The molecule has 2 aromatic carbocycles. The van der Waals surface area contributed by atoms with E-state index in [1.165, 1.54) is 7.05 Å². The van der Waals surface area contributed by atoms with Crippen LogP contribution < -0.4 is 10.6 Å². The van der Waals surface area contributed by atoms with Gasteiger partial charge in [-0.3, -0.25) is 48.9 Å². The molecular weight excluding hydrogens is 585 g/mol. The number of non-ortho nitro benzene ring substituents is 2. The molecule has 0 spiro atoms. The van der Waals surface area contributed by atoms with E-state index in [2.05, 4.69) is 10.6 Å². The van der Waals surface area contributed by atoms with Crippen LogP contribution in [0.5, 0.6) is 0 Å². The molecule has 0 radical (unpaired) electrons. The minimum Gasteiger partial charge on any atom is -0.357 e. The first kappa shape index (κ1) is 33.3. The van der Waals surface area contributed by atoms with Crippen molar-refractivity contribution in [2.24, 2.45) is 17.8 Å². The number of hydrogen-bond donors (Lipinski definition) is 3. The number of imide groups is 1. The summed E-state index contributed by atoms with van der Waals surface area (Å²) in [6.07, 6.45) is -1.20. The van der Waals surface area contributed by atoms with Gasteiger partial charge in [0.25, 0.3) is 23.2 Å². The maximum Gasteiger partial charge on any atom is 0.270 e. The highest BCUT2D eigenvalue weighted by Gasteiger charge is 2.41. The maximum atomic E-state index is 13.6. The van der Waals surface area contributed by atoms with Crippen LogP contribution in [0.4, 0.5) is 11.4 Å². The van der Waals surface area contributed by atoms with Gasteiger partial charge >= 0.3 is 0 Å². The molecule has 0 fully saturated rings. The molecule has 15 nitrogen and oxygen atoms in total. The quantitative estimate of drug-likeness (QED) is 0.128. The van der Waals surface area contributed by atoms with Crippen molar-refractivity contribution in [2.45, 2.75) is 46.6 Å². The fourth-order valence-corrected chi connectivity index (χ4v) is 6.99. The summed E-state index contributed by atoms with van der Waals surface area (Å²) in [5.74, 6) is -4.38. The van der Waals surface area contributed by atoms with E-state index in [1.807, 2.05) is 13.8 Å². The molecular formula is C27H34N5O10P. The maximum absolute atomic E-state index is 13.6. The first-order valence-electron chi connectivity index (χ1n) is 13.5. The molecule has 0 saturated carbocycles. The predicted octanol–water partition coefficient (Wildman–Crippen LogP) is 3.42. The van der Waals surface area contributed by atoms with Gasteiger partial charge in [-0.1, -0.05) is 27.7 Å². The summed E-state index contributed by atoms with van der Waals surface area (Å²) in [5, 5.41) is 28.0. The second-order valence-electron chi connectivity index (χ2n) is 11.4. The average Bonchev–Trinajstić information content (AvgIpc) is 2.91. The summed E-state index contributed by atoms with van der Waals surface area (Å²) in [6.45, 7) is 7.32. The molecule has 2 unspecified atom stereocenters. The smallest absolute Gasteiger partial charge is 0.270 e. The zero-order valence-corrected chi connectivity index (χ0v) is 25.3. The van der Waals surface area contributed by atoms with Crippen molar-refractivity contribution in [3.8, 4) is 0 Å². The average molecular weight is 620 g/mol. The van der Waals surface area contributed by atoms with Crippen LogP contribution in [-0.2, 0) is 14.2 Å². The number of carbonyl (C=O) groups excluding carboxylic acids is 4. The van der Waals surface area contributed by atoms with Crippen LogP contribution in [0.15, 0.2) is 24.3 Å². The van der Waals surface area contributed by atoms with Gasteiger partial charge < -0.3 is 15.5 Å². The number of benzene rings is 2. The molecule has 3 N–H and O–H groups in total. The van der Waals surface area contributed by atoms with Gasteiger partial charge in [-0.15, -0.1) is 0 Å². The van der Waals surface area contributed by atoms with Crippen LogP contribution in [-0.4, -0.2) is 68.8 Å². The van der Waals surface area contributed by atoms with E-state index in [4.69, 9.17) is 0 Å². The third-order valence-electron chi connectivity index (χ3n) is 6.97. The van der Waals surface area contributed by atoms with Gasteiger partial charge in [0.2, 0.25) is 19.2 Å². The summed E-state index contributed by atoms with van der Waals surface area (Å²) < 4.78 is 13.6. The van der Waals surface area contributed by atoms with Gasteiger partial charge in [-0.2, -0.15) is 0 Å². The molecule has 1 aliphatic rings. The number of rotatable bonds is 13. The molecule has 16 heteroatoms. The monoisotopic (exact) mass is 619 g/mol. The fraction of sp³-hybridized carbons (Fsp3) is 0.481. The van der Waals surface area contributed by atoms with Crippen molar-refractivity contribution in [2.75, 3.05) is 19.5 Å². The first-order chi connectivity index (χ1) is 19.9. The van der Waals surface area contributed by atoms with Crippen molar-refractivity contribution >= 4 is 53.1 Å². The molecule has 43 heavy (non-hydrogen) atoms. The molecule has 4 amide bonds. The number of nitrogens with one attached hydrogen (secondary N) is 2. The van der Waals surface area contributed by atoms with Crippen molar-refractivity contribution < 1.29 is 38.5 Å². The van der Waals surface area contributed by atoms with E-state index in [0.29, 0.717) is 11.3 Å². The third-order valence-corrected chi connectivity index (χ3v) is 8.71. The van der Waals surface area contributed by atoms with Crippen molar-refractivity contribution in [3.05, 3.63) is 55.6 Å². The number of carbonyl (C=O) groups is 4. The molecule has 1 heterocycles. The van der Waals surface area contributed by atoms with Crippen LogP contribution in [0.2, 0.25) is 0 Å². The minimum absolute atomic E-state index is 0.0438. The Hall–Kier alpha value is -4.23. The Morgan fingerprint density at radius 2 is 1.40 bits per heavy atom. The summed E-state index contributed by atoms with van der Waals surface area (Å²) >= 11 is 0. The molecule has 3 rings (SSSR count). The highest BCUT2D eigenvalue weighted by atomic mass is 31.2. The Morgan fingerprint density at radius 1 is 0.907 bits per heavy atom. The van der Waals surface area contributed by atoms with E-state index in [9.17, 15) is 48.9 Å². The number of amides is 4. The second-order valence-corrected chi connectivity index (χ2v) is 13.8. The number of nitro benzene ring substituents is 2. The van der Waals surface area contributed by atoms with Crippen LogP contribution in [0.1, 0.15) is 61.3 Å². The van der Waals surface area contributed by atoms with Crippen molar-refractivity contribution in [3.63, 3.8) is 0 Å². The van der Waals surface area contributed by atoms with Crippen LogP contribution in [0.3, 0.4) is 0 Å². The Bertz CT molecular complexity index is 1490. The lowest BCUT2D eigenvalue weighted by Crippen LogP contribution is -2.49. The number of hydrogen-bond acceptors (Lipinski definition) is 9. The molecule has 2 aromatic rings. The zero-order valence-electron chi connectivity index (χ0n) is 24.4. The highest BCUT2D eigenvalue weighted by molar-refractivity contribution is 7.58. The van der Waals surface area contributed by atoms with Crippen LogP contribution in [0.25, 0.3) is 10.8 Å². The van der Waals surface area contributed by atoms with Gasteiger partial charge in [-0.25, -0.2) is 0 Å². The lowest BCUT2D eigenvalue weighted by molar-refractivity contribution is -0.385. The number of nitro groups is 2. The van der Waals surface area contributed by atoms with E-state index < -0.39 is 76.6 Å². The van der Waals surface area contributed by atoms with E-state index >= 15 is 0 Å². The van der Waals surface area contributed by atoms with Crippen molar-refractivity contribution in [1.29, 1.82) is 0 Å². The summed E-state index contributed by atoms with van der Waals surface area (Å²) in [4.78, 5) is 85.4. The molecule has 0 bridgehead atoms. The topological polar surface area (TPSA) is 219 Å². The Morgan fingerprint density at radius 3 is 1.81 bits per heavy atom. The van der Waals surface area contributed by atoms with Gasteiger partial charge in [0.15, 0.2) is 0 Å². The molecule has 0 aromatic heterocycles. The van der Waals surface area contributed by atoms with Gasteiger partial charge in [-0.05, 0) is 30.1 Å². The fourth-order valence-electron chi connectivity index (χ4n) is 5.17. The van der Waals surface area contributed by atoms with Gasteiger partial charge in [0.05, 0.1) is 21.0 Å². The van der Waals surface area contributed by atoms with E-state index in [1.54, 1.807) is 13.8 Å². The van der Waals surface area contributed by atoms with Crippen molar-refractivity contribution in [1.82, 2.24) is 15.5 Å². The van der Waals surface area contributed by atoms with Gasteiger partial charge in [0, 0.05) is 48.8 Å². The van der Waals surface area contributed by atoms with E-state index in [-0.39, 0.29) is 40.2 Å². The highest BCUT2D eigenvalue weighted by Crippen LogP contribution is 2.46. The molecule has 1 aliphatic heterocycles. The number of likely N-dealkylation sites (N-methyl/N-ethyl adjacent to an activating group) is 1. The van der Waals surface area contributed by atoms with Crippen LogP contribution in [0, 0.1) is 38.0 Å². The lowest BCUT2D eigenvalue weighted by Gasteiger charge is -2.30. The van der Waals surface area contributed by atoms with Gasteiger partial charge in [0.1, 0.15) is 12.3 Å². The number of nitrogens with zero attached hydrogens (tertiary/aromatic N) is 3. The largest absolute Gasteiger partial charge is 0.357 e. The zero-order chi connectivity index (χ0) is 32.4. The Kier molecular flexibility index (Phi) is 10.0. The minimum atomic E-state index is -4.50. The second kappa shape index (κ2) is 13.0. The third kappa shape index (κ3) is 7.59. The molecule has 232 valence electrons. The standard InChI is InChI=1S/C27H34N5O10P/c1-14(2)6-17(24(33)29-22(7-15(3)4)25(34)28-5)12-43(41,42)13-30-26(35)20-10-18(31(37)38)8-16-9-19(32(39)40)11-21(23(16)20)27(30)36/h8-11,14-15,17,22H,6-7,12-13H2,1-5H3,(H,28,34)(H,29,33)(H,41,42)/t17?,22-/m0/s1.